The van der Waals surface area contributed by atoms with Crippen LogP contribution in [0.25, 0.3) is 0 Å². The lowest BCUT2D eigenvalue weighted by atomic mass is 10.1. The van der Waals surface area contributed by atoms with Crippen LogP contribution in [0.15, 0.2) is 47.4 Å². The molecule has 3 nitrogen and oxygen atoms in total. The zero-order valence-electron chi connectivity index (χ0n) is 10.0. The monoisotopic (exact) mass is 228 g/mol. The van der Waals surface area contributed by atoms with Gasteiger partial charge in [-0.15, -0.1) is 0 Å². The molecule has 1 heterocycles. The molecule has 0 saturated heterocycles. The topological polar surface area (TPSA) is 44.9 Å². The SMILES string of the molecule is Cc1c[nH]c(=O)cc1N[C@H](C)c1ccccc1. The van der Waals surface area contributed by atoms with E-state index in [2.05, 4.69) is 29.4 Å². The van der Waals surface area contributed by atoms with E-state index < -0.39 is 0 Å². The van der Waals surface area contributed by atoms with E-state index in [1.54, 1.807) is 12.3 Å². The van der Waals surface area contributed by atoms with Gasteiger partial charge in [-0.25, -0.2) is 0 Å². The Morgan fingerprint density at radius 1 is 1.24 bits per heavy atom. The van der Waals surface area contributed by atoms with Crippen molar-refractivity contribution in [2.45, 2.75) is 19.9 Å². The van der Waals surface area contributed by atoms with Gasteiger partial charge in [0, 0.05) is 24.0 Å². The van der Waals surface area contributed by atoms with Crippen molar-refractivity contribution in [3.05, 3.63) is 64.1 Å². The summed E-state index contributed by atoms with van der Waals surface area (Å²) in [6, 6.07) is 11.9. The number of aromatic amines is 1. The van der Waals surface area contributed by atoms with Crippen LogP contribution in [0.5, 0.6) is 0 Å². The van der Waals surface area contributed by atoms with E-state index in [9.17, 15) is 4.79 Å². The molecular formula is C14H16N2O. The fraction of sp³-hybridized carbons (Fsp3) is 0.214. The van der Waals surface area contributed by atoms with Crippen molar-refractivity contribution in [2.75, 3.05) is 5.32 Å². The van der Waals surface area contributed by atoms with Gasteiger partial charge in [0.25, 0.3) is 0 Å². The fourth-order valence-corrected chi connectivity index (χ4v) is 1.76. The van der Waals surface area contributed by atoms with Gasteiger partial charge in [0.1, 0.15) is 0 Å². The molecule has 0 bridgehead atoms. The Kier molecular flexibility index (Phi) is 3.28. The number of rotatable bonds is 3. The number of hydrogen-bond donors (Lipinski definition) is 2. The number of nitrogens with one attached hydrogen (secondary N) is 2. The average molecular weight is 228 g/mol. The van der Waals surface area contributed by atoms with Crippen LogP contribution in [0, 0.1) is 6.92 Å². The van der Waals surface area contributed by atoms with E-state index in [4.69, 9.17) is 0 Å². The normalized spacial score (nSPS) is 12.1. The maximum absolute atomic E-state index is 11.3. The molecule has 2 N–H and O–H groups in total. The van der Waals surface area contributed by atoms with Crippen molar-refractivity contribution >= 4 is 5.69 Å². The summed E-state index contributed by atoms with van der Waals surface area (Å²) in [5.74, 6) is 0. The number of benzene rings is 1. The minimum absolute atomic E-state index is 0.0849. The third kappa shape index (κ3) is 2.75. The number of aryl methyl sites for hydroxylation is 1. The Morgan fingerprint density at radius 3 is 2.65 bits per heavy atom. The van der Waals surface area contributed by atoms with Crippen LogP contribution < -0.4 is 10.9 Å². The molecule has 0 aliphatic heterocycles. The zero-order valence-corrected chi connectivity index (χ0v) is 10.0. The van der Waals surface area contributed by atoms with Crippen LogP contribution >= 0.6 is 0 Å². The van der Waals surface area contributed by atoms with Crippen LogP contribution in [-0.4, -0.2) is 4.98 Å². The molecule has 0 fully saturated rings. The average Bonchev–Trinajstić information content (AvgIpc) is 2.35. The standard InChI is InChI=1S/C14H16N2O/c1-10-9-15-14(17)8-13(10)16-11(2)12-6-4-3-5-7-12/h3-9,11H,1-2H3,(H2,15,16,17)/t11-/m1/s1. The molecule has 0 aliphatic rings. The summed E-state index contributed by atoms with van der Waals surface area (Å²) < 4.78 is 0. The minimum Gasteiger partial charge on any atom is -0.378 e. The highest BCUT2D eigenvalue weighted by Gasteiger charge is 2.06. The summed E-state index contributed by atoms with van der Waals surface area (Å²) in [6.45, 7) is 4.05. The maximum atomic E-state index is 11.3. The summed E-state index contributed by atoms with van der Waals surface area (Å²) in [6.07, 6.45) is 1.72. The lowest BCUT2D eigenvalue weighted by Crippen LogP contribution is -2.12. The van der Waals surface area contributed by atoms with E-state index in [-0.39, 0.29) is 11.6 Å². The van der Waals surface area contributed by atoms with Crippen molar-refractivity contribution in [2.24, 2.45) is 0 Å². The van der Waals surface area contributed by atoms with Crippen LogP contribution in [0.2, 0.25) is 0 Å². The third-order valence-corrected chi connectivity index (χ3v) is 2.80. The summed E-state index contributed by atoms with van der Waals surface area (Å²) in [5.41, 5.74) is 3.03. The first-order valence-electron chi connectivity index (χ1n) is 5.67. The van der Waals surface area contributed by atoms with E-state index in [0.717, 1.165) is 11.3 Å². The van der Waals surface area contributed by atoms with E-state index >= 15 is 0 Å². The van der Waals surface area contributed by atoms with Gasteiger partial charge >= 0.3 is 0 Å². The predicted octanol–water partition coefficient (Wildman–Crippen LogP) is 2.86. The first kappa shape index (κ1) is 11.5. The van der Waals surface area contributed by atoms with Crippen molar-refractivity contribution in [3.8, 4) is 0 Å². The molecule has 17 heavy (non-hydrogen) atoms. The maximum Gasteiger partial charge on any atom is 0.249 e. The first-order chi connectivity index (χ1) is 8.16. The molecule has 0 radical (unpaired) electrons. The molecule has 2 aromatic rings. The quantitative estimate of drug-likeness (QED) is 0.848. The van der Waals surface area contributed by atoms with Gasteiger partial charge in [0.2, 0.25) is 5.56 Å². The molecule has 1 aromatic heterocycles. The molecule has 0 spiro atoms. The van der Waals surface area contributed by atoms with E-state index in [0.29, 0.717) is 0 Å². The van der Waals surface area contributed by atoms with Gasteiger partial charge in [-0.1, -0.05) is 30.3 Å². The third-order valence-electron chi connectivity index (χ3n) is 2.80. The molecule has 88 valence electrons. The second-order valence-corrected chi connectivity index (χ2v) is 4.17. The van der Waals surface area contributed by atoms with Crippen molar-refractivity contribution in [1.82, 2.24) is 4.98 Å². The number of H-pyrrole nitrogens is 1. The number of pyridine rings is 1. The molecule has 0 saturated carbocycles. The smallest absolute Gasteiger partial charge is 0.249 e. The lowest BCUT2D eigenvalue weighted by molar-refractivity contribution is 0.880. The van der Waals surface area contributed by atoms with Crippen LogP contribution in [0.1, 0.15) is 24.1 Å². The highest BCUT2D eigenvalue weighted by molar-refractivity contribution is 5.50. The predicted molar refractivity (Wildman–Crippen MR) is 70.3 cm³/mol. The summed E-state index contributed by atoms with van der Waals surface area (Å²) in [5, 5.41) is 3.35. The Balaban J connectivity index is 2.21. The highest BCUT2D eigenvalue weighted by atomic mass is 16.1. The van der Waals surface area contributed by atoms with Crippen LogP contribution in [-0.2, 0) is 0 Å². The molecule has 0 aliphatic carbocycles. The van der Waals surface area contributed by atoms with Gasteiger partial charge in [-0.2, -0.15) is 0 Å². The van der Waals surface area contributed by atoms with Gasteiger partial charge in [-0.05, 0) is 25.0 Å². The van der Waals surface area contributed by atoms with Gasteiger partial charge < -0.3 is 10.3 Å². The van der Waals surface area contributed by atoms with Crippen LogP contribution in [0.4, 0.5) is 5.69 Å². The van der Waals surface area contributed by atoms with E-state index in [1.807, 2.05) is 25.1 Å². The first-order valence-corrected chi connectivity index (χ1v) is 5.67. The van der Waals surface area contributed by atoms with Gasteiger partial charge in [0.05, 0.1) is 0 Å². The Morgan fingerprint density at radius 2 is 1.94 bits per heavy atom. The largest absolute Gasteiger partial charge is 0.378 e. The van der Waals surface area contributed by atoms with Gasteiger partial charge in [-0.3, -0.25) is 4.79 Å². The highest BCUT2D eigenvalue weighted by Crippen LogP contribution is 2.19. The number of aromatic nitrogens is 1. The minimum atomic E-state index is -0.0849. The van der Waals surface area contributed by atoms with Crippen LogP contribution in [0.3, 0.4) is 0 Å². The molecule has 1 aromatic carbocycles. The molecule has 1 atom stereocenters. The summed E-state index contributed by atoms with van der Waals surface area (Å²) in [4.78, 5) is 13.9. The van der Waals surface area contributed by atoms with Crippen molar-refractivity contribution in [1.29, 1.82) is 0 Å². The Bertz CT molecular complexity index is 546. The molecule has 0 unspecified atom stereocenters. The molecular weight excluding hydrogens is 212 g/mol. The summed E-state index contributed by atoms with van der Waals surface area (Å²) >= 11 is 0. The Labute approximate surface area is 101 Å². The summed E-state index contributed by atoms with van der Waals surface area (Å²) in [7, 11) is 0. The van der Waals surface area contributed by atoms with Crippen molar-refractivity contribution < 1.29 is 0 Å². The zero-order chi connectivity index (χ0) is 12.3. The van der Waals surface area contributed by atoms with Gasteiger partial charge in [0.15, 0.2) is 0 Å². The second-order valence-electron chi connectivity index (χ2n) is 4.17. The Hall–Kier alpha value is -2.03. The molecule has 2 rings (SSSR count). The number of anilines is 1. The fourth-order valence-electron chi connectivity index (χ4n) is 1.76. The lowest BCUT2D eigenvalue weighted by Gasteiger charge is -2.16. The second kappa shape index (κ2) is 4.87. The number of hydrogen-bond acceptors (Lipinski definition) is 2. The molecule has 0 amide bonds. The van der Waals surface area contributed by atoms with Crippen molar-refractivity contribution in [3.63, 3.8) is 0 Å². The molecule has 3 heteroatoms. The van der Waals surface area contributed by atoms with E-state index in [1.165, 1.54) is 5.56 Å².